The number of pyridine rings is 1. The molecule has 0 unspecified atom stereocenters. The van der Waals surface area contributed by atoms with Crippen LogP contribution in [0.3, 0.4) is 0 Å². The second-order valence-corrected chi connectivity index (χ2v) is 8.42. The number of nitrogens with zero attached hydrogens (tertiary/aromatic N) is 5. The van der Waals surface area contributed by atoms with Gasteiger partial charge >= 0.3 is 0 Å². The summed E-state index contributed by atoms with van der Waals surface area (Å²) >= 11 is 0. The molecule has 0 radical (unpaired) electrons. The van der Waals surface area contributed by atoms with Crippen LogP contribution in [0.15, 0.2) is 30.6 Å². The van der Waals surface area contributed by atoms with Gasteiger partial charge in [-0.05, 0) is 43.9 Å². The molecule has 0 aromatic carbocycles. The monoisotopic (exact) mass is 434 g/mol. The lowest BCUT2D eigenvalue weighted by molar-refractivity contribution is -0.129. The first kappa shape index (κ1) is 21.9. The lowest BCUT2D eigenvalue weighted by Crippen LogP contribution is -2.27. The maximum absolute atomic E-state index is 12.4. The van der Waals surface area contributed by atoms with Crippen LogP contribution < -0.4 is 5.32 Å². The SMILES string of the molecule is CCC(=O)N1CC[C@H](c2cc3nc(C)c(CCC(=O)NCc4cccnc4)c(C)n3n2)C1. The lowest BCUT2D eigenvalue weighted by Gasteiger charge is -2.14. The molecule has 1 aliphatic heterocycles. The fourth-order valence-electron chi connectivity index (χ4n) is 4.39. The Morgan fingerprint density at radius 3 is 2.88 bits per heavy atom. The molecule has 4 heterocycles. The zero-order valence-electron chi connectivity index (χ0n) is 19.0. The van der Waals surface area contributed by atoms with E-state index >= 15 is 0 Å². The van der Waals surface area contributed by atoms with Crippen molar-refractivity contribution in [1.29, 1.82) is 0 Å². The first-order chi connectivity index (χ1) is 15.5. The number of hydrogen-bond acceptors (Lipinski definition) is 5. The van der Waals surface area contributed by atoms with Crippen molar-refractivity contribution in [2.24, 2.45) is 0 Å². The second kappa shape index (κ2) is 9.46. The predicted molar refractivity (Wildman–Crippen MR) is 121 cm³/mol. The van der Waals surface area contributed by atoms with Crippen molar-refractivity contribution < 1.29 is 9.59 Å². The van der Waals surface area contributed by atoms with Crippen molar-refractivity contribution in [1.82, 2.24) is 29.8 Å². The highest BCUT2D eigenvalue weighted by atomic mass is 16.2. The zero-order chi connectivity index (χ0) is 22.7. The van der Waals surface area contributed by atoms with Crippen LogP contribution in [0.5, 0.6) is 0 Å². The molecule has 4 rings (SSSR count). The maximum atomic E-state index is 12.4. The van der Waals surface area contributed by atoms with E-state index < -0.39 is 0 Å². The third-order valence-electron chi connectivity index (χ3n) is 6.26. The summed E-state index contributed by atoms with van der Waals surface area (Å²) in [6, 6.07) is 5.84. The number of carbonyl (C=O) groups is 2. The van der Waals surface area contributed by atoms with Crippen molar-refractivity contribution in [3.63, 3.8) is 0 Å². The van der Waals surface area contributed by atoms with Gasteiger partial charge in [-0.2, -0.15) is 5.10 Å². The van der Waals surface area contributed by atoms with Crippen LogP contribution in [-0.4, -0.2) is 49.4 Å². The fourth-order valence-corrected chi connectivity index (χ4v) is 4.39. The molecule has 0 bridgehead atoms. The quantitative estimate of drug-likeness (QED) is 0.617. The van der Waals surface area contributed by atoms with Gasteiger partial charge < -0.3 is 10.2 Å². The molecule has 8 heteroatoms. The van der Waals surface area contributed by atoms with E-state index in [-0.39, 0.29) is 17.7 Å². The summed E-state index contributed by atoms with van der Waals surface area (Å²) in [4.78, 5) is 35.1. The molecule has 3 aromatic heterocycles. The summed E-state index contributed by atoms with van der Waals surface area (Å²) in [7, 11) is 0. The average molecular weight is 435 g/mol. The molecular formula is C24H30N6O2. The molecule has 2 amide bonds. The van der Waals surface area contributed by atoms with Crippen LogP contribution in [0.1, 0.15) is 60.3 Å². The summed E-state index contributed by atoms with van der Waals surface area (Å²) in [5.41, 5.74) is 5.77. The molecule has 1 N–H and O–H groups in total. The van der Waals surface area contributed by atoms with Gasteiger partial charge in [-0.3, -0.25) is 14.6 Å². The number of nitrogens with one attached hydrogen (secondary N) is 1. The van der Waals surface area contributed by atoms with Gasteiger partial charge in [0.1, 0.15) is 0 Å². The van der Waals surface area contributed by atoms with E-state index in [4.69, 9.17) is 10.1 Å². The highest BCUT2D eigenvalue weighted by molar-refractivity contribution is 5.76. The summed E-state index contributed by atoms with van der Waals surface area (Å²) in [6.07, 6.45) is 5.93. The minimum absolute atomic E-state index is 0.000502. The third kappa shape index (κ3) is 4.64. The van der Waals surface area contributed by atoms with Gasteiger partial charge in [0.25, 0.3) is 0 Å². The molecule has 168 valence electrons. The first-order valence-corrected chi connectivity index (χ1v) is 11.3. The van der Waals surface area contributed by atoms with Crippen LogP contribution >= 0.6 is 0 Å². The summed E-state index contributed by atoms with van der Waals surface area (Å²) in [5, 5.41) is 7.78. The Morgan fingerprint density at radius 2 is 2.12 bits per heavy atom. The number of carbonyl (C=O) groups excluding carboxylic acids is 2. The normalized spacial score (nSPS) is 16.0. The van der Waals surface area contributed by atoms with E-state index in [1.165, 1.54) is 0 Å². The molecule has 0 spiro atoms. The van der Waals surface area contributed by atoms with Gasteiger partial charge in [0, 0.05) is 68.2 Å². The van der Waals surface area contributed by atoms with Crippen LogP contribution in [0.4, 0.5) is 0 Å². The van der Waals surface area contributed by atoms with E-state index in [0.717, 1.165) is 53.4 Å². The molecule has 1 atom stereocenters. The molecule has 32 heavy (non-hydrogen) atoms. The Bertz CT molecular complexity index is 1120. The van der Waals surface area contributed by atoms with Crippen LogP contribution in [0, 0.1) is 13.8 Å². The molecule has 1 fully saturated rings. The van der Waals surface area contributed by atoms with E-state index in [1.807, 2.05) is 48.4 Å². The van der Waals surface area contributed by atoms with Crippen LogP contribution in [-0.2, 0) is 22.6 Å². The van der Waals surface area contributed by atoms with Gasteiger partial charge in [0.15, 0.2) is 5.65 Å². The zero-order valence-corrected chi connectivity index (χ0v) is 19.0. The summed E-state index contributed by atoms with van der Waals surface area (Å²) < 4.78 is 1.88. The summed E-state index contributed by atoms with van der Waals surface area (Å²) in [5.74, 6) is 0.444. The average Bonchev–Trinajstić information content (AvgIpc) is 3.45. The Balaban J connectivity index is 1.44. The smallest absolute Gasteiger partial charge is 0.222 e. The number of hydrogen-bond donors (Lipinski definition) is 1. The molecule has 1 aliphatic rings. The number of aryl methyl sites for hydroxylation is 2. The number of aromatic nitrogens is 4. The van der Waals surface area contributed by atoms with Gasteiger partial charge in [0.2, 0.25) is 11.8 Å². The number of likely N-dealkylation sites (tertiary alicyclic amines) is 1. The van der Waals surface area contributed by atoms with Crippen molar-refractivity contribution in [3.8, 4) is 0 Å². The number of fused-ring (bicyclic) bond motifs is 1. The Hall–Kier alpha value is -3.29. The number of rotatable bonds is 7. The molecule has 3 aromatic rings. The first-order valence-electron chi connectivity index (χ1n) is 11.3. The van der Waals surface area contributed by atoms with Gasteiger partial charge in [-0.25, -0.2) is 9.50 Å². The lowest BCUT2D eigenvalue weighted by atomic mass is 10.1. The fraction of sp³-hybridized carbons (Fsp3) is 0.458. The van der Waals surface area contributed by atoms with Crippen molar-refractivity contribution in [3.05, 3.63) is 58.8 Å². The highest BCUT2D eigenvalue weighted by Gasteiger charge is 2.28. The van der Waals surface area contributed by atoms with Crippen molar-refractivity contribution in [2.45, 2.75) is 58.9 Å². The molecule has 0 aliphatic carbocycles. The maximum Gasteiger partial charge on any atom is 0.222 e. The summed E-state index contributed by atoms with van der Waals surface area (Å²) in [6.45, 7) is 7.90. The topological polar surface area (TPSA) is 92.5 Å². The van der Waals surface area contributed by atoms with Crippen LogP contribution in [0.25, 0.3) is 5.65 Å². The Morgan fingerprint density at radius 1 is 1.28 bits per heavy atom. The Labute approximate surface area is 188 Å². The van der Waals surface area contributed by atoms with Gasteiger partial charge in [0.05, 0.1) is 5.69 Å². The highest BCUT2D eigenvalue weighted by Crippen LogP contribution is 2.28. The largest absolute Gasteiger partial charge is 0.352 e. The molecule has 0 saturated carbocycles. The molecule has 8 nitrogen and oxygen atoms in total. The standard InChI is InChI=1S/C24H30N6O2/c1-4-24(32)29-11-9-19(15-29)21-12-22-27-16(2)20(17(3)30(22)28-21)7-8-23(31)26-14-18-6-5-10-25-13-18/h5-6,10,12-13,19H,4,7-9,11,14-15H2,1-3H3,(H,26,31)/t19-/m0/s1. The van der Waals surface area contributed by atoms with E-state index in [2.05, 4.69) is 10.3 Å². The van der Waals surface area contributed by atoms with Crippen molar-refractivity contribution in [2.75, 3.05) is 13.1 Å². The van der Waals surface area contributed by atoms with Gasteiger partial charge in [-0.1, -0.05) is 13.0 Å². The van der Waals surface area contributed by atoms with E-state index in [9.17, 15) is 9.59 Å². The molecular weight excluding hydrogens is 404 g/mol. The minimum Gasteiger partial charge on any atom is -0.352 e. The minimum atomic E-state index is 0.000502. The third-order valence-corrected chi connectivity index (χ3v) is 6.26. The van der Waals surface area contributed by atoms with Crippen LogP contribution in [0.2, 0.25) is 0 Å². The molecule has 1 saturated heterocycles. The predicted octanol–water partition coefficient (Wildman–Crippen LogP) is 2.72. The van der Waals surface area contributed by atoms with Crippen molar-refractivity contribution >= 4 is 17.5 Å². The Kier molecular flexibility index (Phi) is 6.48. The van der Waals surface area contributed by atoms with Gasteiger partial charge in [-0.15, -0.1) is 0 Å². The van der Waals surface area contributed by atoms with E-state index in [1.54, 1.807) is 12.4 Å². The van der Waals surface area contributed by atoms with E-state index in [0.29, 0.717) is 25.8 Å². The number of amides is 2. The second-order valence-electron chi connectivity index (χ2n) is 8.42.